The molecule has 2 aliphatic rings. The van der Waals surface area contributed by atoms with E-state index in [9.17, 15) is 4.79 Å². The van der Waals surface area contributed by atoms with Gasteiger partial charge in [0.15, 0.2) is 0 Å². The zero-order chi connectivity index (χ0) is 21.2. The standard InChI is InChI=1S/C25H30O3Si/c1-25(2,3)29(5,6)28-22-13-9-12-19(17-22)20-15-14-18-10-7-8-11-21(16-20)23(18)24(26)27-4/h7-17,23H,1-6H3/t23-/m0/s1. The van der Waals surface area contributed by atoms with Gasteiger partial charge in [-0.2, -0.15) is 0 Å². The minimum absolute atomic E-state index is 0.136. The van der Waals surface area contributed by atoms with Crippen LogP contribution in [0.1, 0.15) is 26.3 Å². The summed E-state index contributed by atoms with van der Waals surface area (Å²) in [5, 5.41) is 0.136. The number of carbonyl (C=O) groups excluding carboxylic acids is 1. The summed E-state index contributed by atoms with van der Waals surface area (Å²) < 4.78 is 11.5. The first kappa shape index (κ1) is 21.1. The van der Waals surface area contributed by atoms with Crippen molar-refractivity contribution < 1.29 is 14.0 Å². The molecule has 0 radical (unpaired) electrons. The van der Waals surface area contributed by atoms with Crippen molar-refractivity contribution in [2.75, 3.05) is 7.11 Å². The largest absolute Gasteiger partial charge is 0.543 e. The Morgan fingerprint density at radius 1 is 1.03 bits per heavy atom. The van der Waals surface area contributed by atoms with Crippen molar-refractivity contribution in [1.82, 2.24) is 0 Å². The molecule has 29 heavy (non-hydrogen) atoms. The van der Waals surface area contributed by atoms with E-state index < -0.39 is 14.2 Å². The second-order valence-corrected chi connectivity index (χ2v) is 13.7. The van der Waals surface area contributed by atoms with Crippen LogP contribution >= 0.6 is 0 Å². The molecule has 0 aliphatic heterocycles. The van der Waals surface area contributed by atoms with Gasteiger partial charge < -0.3 is 9.16 Å². The molecule has 0 saturated carbocycles. The van der Waals surface area contributed by atoms with Crippen LogP contribution < -0.4 is 4.43 Å². The van der Waals surface area contributed by atoms with Crippen LogP contribution in [0.5, 0.6) is 5.75 Å². The van der Waals surface area contributed by atoms with E-state index in [4.69, 9.17) is 9.16 Å². The minimum atomic E-state index is -1.92. The molecule has 0 amide bonds. The fourth-order valence-corrected chi connectivity index (χ4v) is 4.19. The van der Waals surface area contributed by atoms with Crippen molar-refractivity contribution in [3.05, 3.63) is 83.5 Å². The van der Waals surface area contributed by atoms with Gasteiger partial charge in [0.1, 0.15) is 11.7 Å². The summed E-state index contributed by atoms with van der Waals surface area (Å²) in [5.41, 5.74) is 3.96. The van der Waals surface area contributed by atoms with E-state index in [1.54, 1.807) is 0 Å². The molecule has 0 heterocycles. The Hall–Kier alpha value is -2.59. The van der Waals surface area contributed by atoms with Gasteiger partial charge in [0, 0.05) is 0 Å². The number of carbonyl (C=O) groups is 1. The number of rotatable bonds is 4. The van der Waals surface area contributed by atoms with Crippen molar-refractivity contribution in [2.24, 2.45) is 5.92 Å². The molecule has 152 valence electrons. The Bertz CT molecular complexity index is 953. The second-order valence-electron chi connectivity index (χ2n) is 9.00. The number of ether oxygens (including phenoxy) is 1. The number of benzene rings is 1. The van der Waals surface area contributed by atoms with Crippen molar-refractivity contribution in [2.45, 2.75) is 38.9 Å². The van der Waals surface area contributed by atoms with Crippen LogP contribution in [0, 0.1) is 5.92 Å². The molecule has 3 rings (SSSR count). The number of fused-ring (bicyclic) bond motifs is 2. The summed E-state index contributed by atoms with van der Waals surface area (Å²) in [6.45, 7) is 11.2. The fraction of sp³-hybridized carbons (Fsp3) is 0.320. The highest BCUT2D eigenvalue weighted by Crippen LogP contribution is 2.38. The second kappa shape index (κ2) is 8.03. The van der Waals surface area contributed by atoms with Gasteiger partial charge in [-0.05, 0) is 58.6 Å². The van der Waals surface area contributed by atoms with Crippen LogP contribution in [0.4, 0.5) is 0 Å². The van der Waals surface area contributed by atoms with Crippen molar-refractivity contribution in [3.8, 4) is 5.75 Å². The van der Waals surface area contributed by atoms with E-state index in [0.717, 1.165) is 28.0 Å². The quantitative estimate of drug-likeness (QED) is 0.439. The molecule has 2 aliphatic carbocycles. The summed E-state index contributed by atoms with van der Waals surface area (Å²) in [4.78, 5) is 12.4. The summed E-state index contributed by atoms with van der Waals surface area (Å²) in [5.74, 6) is 0.240. The topological polar surface area (TPSA) is 35.5 Å². The number of hydrogen-bond acceptors (Lipinski definition) is 3. The van der Waals surface area contributed by atoms with Crippen LogP contribution in [0.3, 0.4) is 0 Å². The van der Waals surface area contributed by atoms with E-state index in [2.05, 4.69) is 58.2 Å². The van der Waals surface area contributed by atoms with Gasteiger partial charge in [-0.15, -0.1) is 0 Å². The Morgan fingerprint density at radius 3 is 2.38 bits per heavy atom. The molecule has 0 unspecified atom stereocenters. The van der Waals surface area contributed by atoms with Crippen LogP contribution in [0.15, 0.2) is 77.9 Å². The lowest BCUT2D eigenvalue weighted by molar-refractivity contribution is -0.142. The van der Waals surface area contributed by atoms with Crippen LogP contribution in [0.2, 0.25) is 18.1 Å². The van der Waals surface area contributed by atoms with E-state index in [1.165, 1.54) is 7.11 Å². The highest BCUT2D eigenvalue weighted by Gasteiger charge is 2.39. The molecule has 4 heteroatoms. The third-order valence-corrected chi connectivity index (χ3v) is 10.3. The monoisotopic (exact) mass is 406 g/mol. The van der Waals surface area contributed by atoms with Crippen molar-refractivity contribution in [3.63, 3.8) is 0 Å². The third kappa shape index (κ3) is 4.53. The molecule has 1 aromatic carbocycles. The maximum absolute atomic E-state index is 12.4. The first-order valence-electron chi connectivity index (χ1n) is 9.98. The van der Waals surface area contributed by atoms with E-state index in [0.29, 0.717) is 0 Å². The number of esters is 1. The molecular weight excluding hydrogens is 376 g/mol. The van der Waals surface area contributed by atoms with Gasteiger partial charge in [0.25, 0.3) is 0 Å². The first-order chi connectivity index (χ1) is 13.6. The molecular formula is C25H30O3Si. The van der Waals surface area contributed by atoms with Gasteiger partial charge in [0.2, 0.25) is 8.32 Å². The number of allylic oxidation sites excluding steroid dienone is 8. The smallest absolute Gasteiger partial charge is 0.317 e. The lowest BCUT2D eigenvalue weighted by atomic mass is 9.91. The van der Waals surface area contributed by atoms with E-state index in [1.807, 2.05) is 42.5 Å². The normalized spacial score (nSPS) is 18.8. The minimum Gasteiger partial charge on any atom is -0.543 e. The molecule has 0 spiro atoms. The van der Waals surface area contributed by atoms with Gasteiger partial charge in [0.05, 0.1) is 7.11 Å². The zero-order valence-corrected chi connectivity index (χ0v) is 19.2. The fourth-order valence-electron chi connectivity index (χ4n) is 3.17. The molecule has 0 saturated heterocycles. The molecule has 0 fully saturated rings. The van der Waals surface area contributed by atoms with E-state index in [-0.39, 0.29) is 11.0 Å². The Labute approximate surface area is 175 Å². The predicted molar refractivity (Wildman–Crippen MR) is 122 cm³/mol. The Morgan fingerprint density at radius 2 is 1.72 bits per heavy atom. The predicted octanol–water partition coefficient (Wildman–Crippen LogP) is 6.24. The highest BCUT2D eigenvalue weighted by molar-refractivity contribution is 6.74. The zero-order valence-electron chi connectivity index (χ0n) is 18.2. The first-order valence-corrected chi connectivity index (χ1v) is 12.9. The SMILES string of the molecule is COC(=O)[C@H]1C2=CC=CC=C1C=C(c1cccc(O[Si](C)(C)C(C)(C)C)c1)C=C2. The van der Waals surface area contributed by atoms with Crippen molar-refractivity contribution in [1.29, 1.82) is 0 Å². The van der Waals surface area contributed by atoms with Gasteiger partial charge in [-0.1, -0.05) is 69.4 Å². The lowest BCUT2D eigenvalue weighted by Crippen LogP contribution is -2.43. The molecule has 1 atom stereocenters. The summed E-state index contributed by atoms with van der Waals surface area (Å²) in [7, 11) is -0.481. The molecule has 0 N–H and O–H groups in total. The van der Waals surface area contributed by atoms with Crippen LogP contribution in [-0.2, 0) is 9.53 Å². The van der Waals surface area contributed by atoms with Crippen molar-refractivity contribution >= 4 is 19.9 Å². The average molecular weight is 407 g/mol. The summed E-state index contributed by atoms with van der Waals surface area (Å²) in [6.07, 6.45) is 14.0. The Balaban J connectivity index is 1.99. The molecule has 1 aromatic rings. The summed E-state index contributed by atoms with van der Waals surface area (Å²) >= 11 is 0. The Kier molecular flexibility index (Phi) is 5.85. The number of methoxy groups -OCH3 is 1. The van der Waals surface area contributed by atoms with Crippen LogP contribution in [-0.4, -0.2) is 21.4 Å². The van der Waals surface area contributed by atoms with Gasteiger partial charge in [-0.3, -0.25) is 4.79 Å². The molecule has 2 bridgehead atoms. The van der Waals surface area contributed by atoms with Gasteiger partial charge >= 0.3 is 5.97 Å². The molecule has 3 nitrogen and oxygen atoms in total. The highest BCUT2D eigenvalue weighted by atomic mass is 28.4. The van der Waals surface area contributed by atoms with Gasteiger partial charge in [-0.25, -0.2) is 0 Å². The summed E-state index contributed by atoms with van der Waals surface area (Å²) in [6, 6.07) is 8.23. The van der Waals surface area contributed by atoms with E-state index >= 15 is 0 Å². The average Bonchev–Trinajstić information content (AvgIpc) is 2.97. The number of hydrogen-bond donors (Lipinski definition) is 0. The maximum atomic E-state index is 12.4. The maximum Gasteiger partial charge on any atom is 0.317 e. The lowest BCUT2D eigenvalue weighted by Gasteiger charge is -2.36. The molecule has 0 aromatic heterocycles. The third-order valence-electron chi connectivity index (χ3n) is 5.92. The van der Waals surface area contributed by atoms with Crippen LogP contribution in [0.25, 0.3) is 5.57 Å².